The second kappa shape index (κ2) is 8.06. The minimum absolute atomic E-state index is 0.466. The highest BCUT2D eigenvalue weighted by molar-refractivity contribution is 4.78. The Morgan fingerprint density at radius 2 is 2.12 bits per heavy atom. The van der Waals surface area contributed by atoms with Crippen molar-refractivity contribution in [1.29, 1.82) is 0 Å². The lowest BCUT2D eigenvalue weighted by molar-refractivity contribution is -0.0173. The molecule has 1 saturated heterocycles. The molecule has 1 N–H and O–H groups in total. The summed E-state index contributed by atoms with van der Waals surface area (Å²) in [6, 6.07) is 0.466. The van der Waals surface area contributed by atoms with Crippen molar-refractivity contribution in [3.63, 3.8) is 0 Å². The van der Waals surface area contributed by atoms with Gasteiger partial charge in [-0.1, -0.05) is 20.8 Å². The third-order valence-electron chi connectivity index (χ3n) is 3.47. The molecule has 1 fully saturated rings. The van der Waals surface area contributed by atoms with Gasteiger partial charge in [0.25, 0.3) is 0 Å². The number of hydrogen-bond donors (Lipinski definition) is 1. The van der Waals surface area contributed by atoms with Gasteiger partial charge in [-0.3, -0.25) is 0 Å². The van der Waals surface area contributed by atoms with Gasteiger partial charge in [-0.05, 0) is 51.1 Å². The standard InChI is InChI=1S/C14H30N2O/c1-5-8-16-9-6-7-14(10-16)13(4)15-17-11-12(2)3/h12-15H,5-11H2,1-4H3. The molecule has 0 amide bonds. The number of nitrogens with one attached hydrogen (secondary N) is 1. The minimum Gasteiger partial charge on any atom is -0.303 e. The topological polar surface area (TPSA) is 24.5 Å². The van der Waals surface area contributed by atoms with Crippen LogP contribution in [0.1, 0.15) is 47.0 Å². The first-order valence-electron chi connectivity index (χ1n) is 7.23. The van der Waals surface area contributed by atoms with Gasteiger partial charge >= 0.3 is 0 Å². The fourth-order valence-electron chi connectivity index (χ4n) is 2.46. The fraction of sp³-hybridized carbons (Fsp3) is 1.00. The smallest absolute Gasteiger partial charge is 0.0705 e. The van der Waals surface area contributed by atoms with E-state index in [4.69, 9.17) is 4.84 Å². The largest absolute Gasteiger partial charge is 0.303 e. The van der Waals surface area contributed by atoms with Gasteiger partial charge < -0.3 is 9.74 Å². The maximum atomic E-state index is 5.54. The van der Waals surface area contributed by atoms with E-state index < -0.39 is 0 Å². The van der Waals surface area contributed by atoms with Crippen molar-refractivity contribution < 1.29 is 4.84 Å². The molecule has 0 aliphatic carbocycles. The monoisotopic (exact) mass is 242 g/mol. The Morgan fingerprint density at radius 3 is 2.76 bits per heavy atom. The van der Waals surface area contributed by atoms with E-state index in [9.17, 15) is 0 Å². The lowest BCUT2D eigenvalue weighted by Crippen LogP contribution is -2.44. The number of rotatable bonds is 7. The van der Waals surface area contributed by atoms with Crippen LogP contribution in [0.2, 0.25) is 0 Å². The second-order valence-electron chi connectivity index (χ2n) is 5.81. The summed E-state index contributed by atoms with van der Waals surface area (Å²) in [4.78, 5) is 8.13. The predicted molar refractivity (Wildman–Crippen MR) is 72.8 cm³/mol. The molecule has 1 aliphatic heterocycles. The Bertz CT molecular complexity index is 195. The summed E-state index contributed by atoms with van der Waals surface area (Å²) < 4.78 is 0. The summed E-state index contributed by atoms with van der Waals surface area (Å²) in [7, 11) is 0. The molecule has 3 heteroatoms. The Hall–Kier alpha value is -0.120. The van der Waals surface area contributed by atoms with Crippen molar-refractivity contribution in [1.82, 2.24) is 10.4 Å². The summed E-state index contributed by atoms with van der Waals surface area (Å²) in [5, 5.41) is 0. The zero-order valence-electron chi connectivity index (χ0n) is 12.0. The molecule has 0 saturated carbocycles. The van der Waals surface area contributed by atoms with Crippen molar-refractivity contribution in [2.45, 2.75) is 53.0 Å². The average molecular weight is 242 g/mol. The molecule has 1 aliphatic rings. The summed E-state index contributed by atoms with van der Waals surface area (Å²) >= 11 is 0. The Kier molecular flexibility index (Phi) is 7.09. The van der Waals surface area contributed by atoms with Gasteiger partial charge in [-0.25, -0.2) is 0 Å². The summed E-state index contributed by atoms with van der Waals surface area (Å²) in [6.45, 7) is 13.4. The van der Waals surface area contributed by atoms with Crippen molar-refractivity contribution in [2.75, 3.05) is 26.2 Å². The Morgan fingerprint density at radius 1 is 1.35 bits per heavy atom. The van der Waals surface area contributed by atoms with Gasteiger partial charge in [-0.2, -0.15) is 5.48 Å². The average Bonchev–Trinajstić information content (AvgIpc) is 2.29. The number of piperidine rings is 1. The van der Waals surface area contributed by atoms with E-state index in [1.165, 1.54) is 38.9 Å². The van der Waals surface area contributed by atoms with Crippen molar-refractivity contribution in [3.05, 3.63) is 0 Å². The number of hydrogen-bond acceptors (Lipinski definition) is 3. The Labute approximate surface area is 107 Å². The SMILES string of the molecule is CCCN1CCCC(C(C)NOCC(C)C)C1. The third-order valence-corrected chi connectivity index (χ3v) is 3.47. The number of likely N-dealkylation sites (tertiary alicyclic amines) is 1. The number of nitrogens with zero attached hydrogens (tertiary/aromatic N) is 1. The summed E-state index contributed by atoms with van der Waals surface area (Å²) in [5.41, 5.74) is 3.22. The first kappa shape index (κ1) is 14.9. The van der Waals surface area contributed by atoms with Crippen LogP contribution in [0.4, 0.5) is 0 Å². The van der Waals surface area contributed by atoms with Crippen LogP contribution < -0.4 is 5.48 Å². The van der Waals surface area contributed by atoms with E-state index in [-0.39, 0.29) is 0 Å². The van der Waals surface area contributed by atoms with Crippen LogP contribution in [0.3, 0.4) is 0 Å². The number of hydroxylamine groups is 1. The highest BCUT2D eigenvalue weighted by Gasteiger charge is 2.24. The molecule has 0 aromatic heterocycles. The van der Waals surface area contributed by atoms with Crippen LogP contribution in [0, 0.1) is 11.8 Å². The molecule has 1 heterocycles. The molecule has 2 atom stereocenters. The molecular weight excluding hydrogens is 212 g/mol. The molecule has 3 nitrogen and oxygen atoms in total. The van der Waals surface area contributed by atoms with Crippen LogP contribution in [0.25, 0.3) is 0 Å². The lowest BCUT2D eigenvalue weighted by Gasteiger charge is -2.35. The molecule has 1 rings (SSSR count). The van der Waals surface area contributed by atoms with Gasteiger partial charge in [0.2, 0.25) is 0 Å². The molecular formula is C14H30N2O. The van der Waals surface area contributed by atoms with Gasteiger partial charge in [0.1, 0.15) is 0 Å². The first-order valence-corrected chi connectivity index (χ1v) is 7.23. The van der Waals surface area contributed by atoms with Crippen molar-refractivity contribution >= 4 is 0 Å². The van der Waals surface area contributed by atoms with Crippen LogP contribution >= 0.6 is 0 Å². The van der Waals surface area contributed by atoms with Gasteiger partial charge in [-0.15, -0.1) is 0 Å². The zero-order valence-corrected chi connectivity index (χ0v) is 12.0. The summed E-state index contributed by atoms with van der Waals surface area (Å²) in [5.74, 6) is 1.33. The predicted octanol–water partition coefficient (Wildman–Crippen LogP) is 2.67. The molecule has 0 spiro atoms. The van der Waals surface area contributed by atoms with Crippen molar-refractivity contribution in [2.24, 2.45) is 11.8 Å². The van der Waals surface area contributed by atoms with Crippen LogP contribution in [-0.2, 0) is 4.84 Å². The van der Waals surface area contributed by atoms with Gasteiger partial charge in [0, 0.05) is 12.6 Å². The zero-order chi connectivity index (χ0) is 12.7. The second-order valence-corrected chi connectivity index (χ2v) is 5.81. The first-order chi connectivity index (χ1) is 8.13. The van der Waals surface area contributed by atoms with E-state index in [0.29, 0.717) is 12.0 Å². The third kappa shape index (κ3) is 5.84. The quantitative estimate of drug-likeness (QED) is 0.695. The van der Waals surface area contributed by atoms with Gasteiger partial charge in [0.15, 0.2) is 0 Å². The highest BCUT2D eigenvalue weighted by atomic mass is 16.6. The maximum absolute atomic E-state index is 5.54. The van der Waals surface area contributed by atoms with Crippen LogP contribution in [0.15, 0.2) is 0 Å². The Balaban J connectivity index is 2.23. The van der Waals surface area contributed by atoms with E-state index in [0.717, 1.165) is 12.5 Å². The molecule has 0 aromatic rings. The molecule has 0 aromatic carbocycles. The van der Waals surface area contributed by atoms with E-state index in [2.05, 4.69) is 38.1 Å². The van der Waals surface area contributed by atoms with E-state index in [1.807, 2.05) is 0 Å². The molecule has 2 unspecified atom stereocenters. The lowest BCUT2D eigenvalue weighted by atomic mass is 9.92. The van der Waals surface area contributed by atoms with E-state index in [1.54, 1.807) is 0 Å². The van der Waals surface area contributed by atoms with Gasteiger partial charge in [0.05, 0.1) is 6.61 Å². The van der Waals surface area contributed by atoms with Crippen LogP contribution in [0.5, 0.6) is 0 Å². The van der Waals surface area contributed by atoms with Crippen molar-refractivity contribution in [3.8, 4) is 0 Å². The van der Waals surface area contributed by atoms with Crippen LogP contribution in [-0.4, -0.2) is 37.2 Å². The maximum Gasteiger partial charge on any atom is 0.0705 e. The molecule has 17 heavy (non-hydrogen) atoms. The van der Waals surface area contributed by atoms with E-state index >= 15 is 0 Å². The summed E-state index contributed by atoms with van der Waals surface area (Å²) in [6.07, 6.45) is 3.93. The fourth-order valence-corrected chi connectivity index (χ4v) is 2.46. The minimum atomic E-state index is 0.466. The molecule has 0 radical (unpaired) electrons. The normalized spacial score (nSPS) is 24.2. The molecule has 0 bridgehead atoms. The molecule has 102 valence electrons. The highest BCUT2D eigenvalue weighted by Crippen LogP contribution is 2.19.